The molecular weight excluding hydrogens is 997 g/mol. The first-order valence-electron chi connectivity index (χ1n) is 31.0. The average Bonchev–Trinajstić information content (AvgIpc) is 3.43. The Morgan fingerprint density at radius 3 is 0.526 bits per heavy atom. The molecule has 15 nitrogen and oxygen atoms in total. The van der Waals surface area contributed by atoms with Gasteiger partial charge in [0, 0.05) is 19.3 Å². The molecule has 0 aromatic rings. The summed E-state index contributed by atoms with van der Waals surface area (Å²) in [5, 5.41) is 97.6. The highest BCUT2D eigenvalue weighted by molar-refractivity contribution is 5.67. The second-order valence-electron chi connectivity index (χ2n) is 20.2. The summed E-state index contributed by atoms with van der Waals surface area (Å²) < 4.78 is 0. The minimum absolute atomic E-state index is 0.332. The van der Waals surface area contributed by atoms with Gasteiger partial charge in [-0.2, -0.15) is 0 Å². The number of hydrogen-bond acceptors (Lipinski definition) is 12. The highest BCUT2D eigenvalue weighted by Crippen LogP contribution is 2.13. The van der Waals surface area contributed by atoms with Gasteiger partial charge in [0.05, 0.1) is 39.6 Å². The molecule has 78 heavy (non-hydrogen) atoms. The van der Waals surface area contributed by atoms with Crippen molar-refractivity contribution in [3.05, 3.63) is 36.5 Å². The van der Waals surface area contributed by atoms with Crippen LogP contribution in [0.4, 0.5) is 0 Å². The Balaban J connectivity index is -0.000000214. The molecule has 0 fully saturated rings. The van der Waals surface area contributed by atoms with Crippen molar-refractivity contribution in [3.63, 3.8) is 0 Å². The fraction of sp³-hybridized carbons (Fsp3) is 0.857. The molecule has 0 amide bonds. The van der Waals surface area contributed by atoms with Crippen LogP contribution in [-0.2, 0) is 14.4 Å². The molecule has 0 unspecified atom stereocenters. The van der Waals surface area contributed by atoms with Crippen LogP contribution in [0.2, 0.25) is 0 Å². The molecule has 12 N–H and O–H groups in total. The Morgan fingerprint density at radius 1 is 0.256 bits per heavy atom. The van der Waals surface area contributed by atoms with E-state index in [1.807, 2.05) is 0 Å². The van der Waals surface area contributed by atoms with Crippen LogP contribution in [0, 0.1) is 0 Å². The quantitative estimate of drug-likeness (QED) is 0.0199. The summed E-state index contributed by atoms with van der Waals surface area (Å²) in [4.78, 5) is 31.0. The van der Waals surface area contributed by atoms with E-state index in [-0.39, 0.29) is 39.6 Å². The van der Waals surface area contributed by atoms with Crippen molar-refractivity contribution in [2.24, 2.45) is 0 Å². The molecule has 0 aromatic heterocycles. The number of unbranched alkanes of at least 4 members (excludes halogenated alkanes) is 33. The molecule has 0 aliphatic rings. The topological polar surface area (TPSA) is 294 Å². The average molecular weight is 1120 g/mol. The highest BCUT2D eigenvalue weighted by atomic mass is 16.4. The van der Waals surface area contributed by atoms with Crippen molar-refractivity contribution in [1.82, 2.24) is 0 Å². The van der Waals surface area contributed by atoms with Crippen molar-refractivity contribution >= 4 is 17.9 Å². The van der Waals surface area contributed by atoms with Gasteiger partial charge in [0.15, 0.2) is 0 Å². The largest absolute Gasteiger partial charge is 0.481 e. The lowest BCUT2D eigenvalue weighted by molar-refractivity contribution is -0.138. The van der Waals surface area contributed by atoms with Crippen LogP contribution < -0.4 is 0 Å². The minimum Gasteiger partial charge on any atom is -0.481 e. The van der Waals surface area contributed by atoms with Crippen LogP contribution in [-0.4, -0.2) is 137 Å². The van der Waals surface area contributed by atoms with E-state index in [9.17, 15) is 14.4 Å². The Hall–Kier alpha value is -2.73. The van der Waals surface area contributed by atoms with E-state index < -0.39 is 36.2 Å². The zero-order chi connectivity index (χ0) is 59.6. The second-order valence-corrected chi connectivity index (χ2v) is 20.2. The van der Waals surface area contributed by atoms with E-state index in [4.69, 9.17) is 61.3 Å². The van der Waals surface area contributed by atoms with Crippen LogP contribution in [0.5, 0.6) is 0 Å². The van der Waals surface area contributed by atoms with Crippen LogP contribution in [0.25, 0.3) is 0 Å². The summed E-state index contributed by atoms with van der Waals surface area (Å²) in [6, 6.07) is 0. The Labute approximate surface area is 476 Å². The summed E-state index contributed by atoms with van der Waals surface area (Å²) >= 11 is 0. The number of allylic oxidation sites excluding steroid dienone is 6. The molecule has 0 spiro atoms. The molecule has 0 saturated heterocycles. The number of aliphatic hydroxyl groups is 9. The lowest BCUT2D eigenvalue weighted by Gasteiger charge is -1.99. The fourth-order valence-electron chi connectivity index (χ4n) is 7.21. The predicted molar refractivity (Wildman–Crippen MR) is 322 cm³/mol. The predicted octanol–water partition coefficient (Wildman–Crippen LogP) is 13.3. The lowest BCUT2D eigenvalue weighted by Crippen LogP contribution is -2.15. The smallest absolute Gasteiger partial charge is 0.303 e. The summed E-state index contributed by atoms with van der Waals surface area (Å²) in [5.41, 5.74) is 0. The molecule has 0 heterocycles. The first kappa shape index (κ1) is 86.5. The maximum absolute atomic E-state index is 10.3. The molecular formula is C63H126O15. The maximum atomic E-state index is 10.3. The van der Waals surface area contributed by atoms with Gasteiger partial charge in [0.2, 0.25) is 0 Å². The first-order chi connectivity index (χ1) is 37.7. The zero-order valence-corrected chi connectivity index (χ0v) is 50.2. The number of carbonyl (C=O) groups is 3. The summed E-state index contributed by atoms with van der Waals surface area (Å²) in [6.45, 7) is 4.59. The number of aliphatic carboxylic acids is 3. The van der Waals surface area contributed by atoms with Gasteiger partial charge in [0.1, 0.15) is 18.3 Å². The van der Waals surface area contributed by atoms with Crippen molar-refractivity contribution in [2.45, 2.75) is 309 Å². The normalized spacial score (nSPS) is 11.0. The third-order valence-electron chi connectivity index (χ3n) is 12.2. The highest BCUT2D eigenvalue weighted by Gasteiger charge is 2.00. The van der Waals surface area contributed by atoms with E-state index in [1.54, 1.807) is 0 Å². The summed E-state index contributed by atoms with van der Waals surface area (Å²) in [7, 11) is 0. The van der Waals surface area contributed by atoms with Gasteiger partial charge in [-0.25, -0.2) is 0 Å². The van der Waals surface area contributed by atoms with Gasteiger partial charge in [0.25, 0.3) is 0 Å². The molecule has 468 valence electrons. The molecule has 0 aliphatic carbocycles. The van der Waals surface area contributed by atoms with Crippen molar-refractivity contribution < 1.29 is 75.7 Å². The Bertz CT molecular complexity index is 1040. The van der Waals surface area contributed by atoms with E-state index in [1.165, 1.54) is 212 Å². The summed E-state index contributed by atoms with van der Waals surface area (Å²) in [6.07, 6.45) is 60.9. The molecule has 0 bridgehead atoms. The molecule has 0 rings (SSSR count). The lowest BCUT2D eigenvalue weighted by atomic mass is 10.1. The molecule has 15 heteroatoms. The second kappa shape index (κ2) is 83.1. The number of carboxylic acids is 3. The van der Waals surface area contributed by atoms with Crippen LogP contribution in [0.15, 0.2) is 36.5 Å². The van der Waals surface area contributed by atoms with Gasteiger partial charge >= 0.3 is 17.9 Å². The molecule has 0 atom stereocenters. The van der Waals surface area contributed by atoms with E-state index in [2.05, 4.69) is 57.2 Å². The Morgan fingerprint density at radius 2 is 0.397 bits per heavy atom. The Kier molecular flexibility index (Phi) is 92.2. The van der Waals surface area contributed by atoms with Crippen molar-refractivity contribution in [1.29, 1.82) is 0 Å². The van der Waals surface area contributed by atoms with Gasteiger partial charge in [-0.05, 0) is 96.3 Å². The standard InChI is InChI=1S/3C18H34O2.3C3H8O3/c3*1-2-3-4-5-6-7-8-9-10-11-12-13-14-15-16-17-18(19)20;3*4-1-3(6)2-5/h3*9-10H,2-8,11-17H2,1H3,(H,19,20);3*3-6H,1-2H2/b3*10-9-;;;. The van der Waals surface area contributed by atoms with Crippen molar-refractivity contribution in [2.75, 3.05) is 39.6 Å². The number of rotatable bonds is 51. The maximum Gasteiger partial charge on any atom is 0.303 e. The number of hydrogen-bond donors (Lipinski definition) is 12. The molecule has 0 saturated carbocycles. The van der Waals surface area contributed by atoms with Crippen LogP contribution in [0.3, 0.4) is 0 Å². The van der Waals surface area contributed by atoms with E-state index in [0.29, 0.717) is 19.3 Å². The summed E-state index contributed by atoms with van der Waals surface area (Å²) in [5.74, 6) is -1.99. The third-order valence-corrected chi connectivity index (χ3v) is 12.2. The van der Waals surface area contributed by atoms with E-state index in [0.717, 1.165) is 38.5 Å². The molecule has 0 aromatic carbocycles. The monoisotopic (exact) mass is 1120 g/mol. The van der Waals surface area contributed by atoms with Gasteiger partial charge in [-0.15, -0.1) is 0 Å². The zero-order valence-electron chi connectivity index (χ0n) is 50.2. The van der Waals surface area contributed by atoms with E-state index >= 15 is 0 Å². The third kappa shape index (κ3) is 105. The van der Waals surface area contributed by atoms with Crippen molar-refractivity contribution in [3.8, 4) is 0 Å². The molecule has 0 aliphatic heterocycles. The fourth-order valence-corrected chi connectivity index (χ4v) is 7.21. The van der Waals surface area contributed by atoms with Gasteiger partial charge in [-0.3, -0.25) is 14.4 Å². The number of carboxylic acid groups (broad SMARTS) is 3. The minimum atomic E-state index is -0.954. The SMILES string of the molecule is CCCCCCCC/C=C\CCCCCCCC(=O)O.CCCCCCCC/C=C\CCCCCCCC(=O)O.CCCCCCCC/C=C\CCCCCCCC(=O)O.OCC(O)CO.OCC(O)CO.OCC(O)CO. The number of aliphatic hydroxyl groups excluding tert-OH is 9. The first-order valence-corrected chi connectivity index (χ1v) is 31.0. The van der Waals surface area contributed by atoms with Crippen LogP contribution in [0.1, 0.15) is 290 Å². The molecule has 0 radical (unpaired) electrons. The van der Waals surface area contributed by atoms with Gasteiger partial charge < -0.3 is 61.3 Å². The van der Waals surface area contributed by atoms with Crippen LogP contribution >= 0.6 is 0 Å². The van der Waals surface area contributed by atoms with Gasteiger partial charge in [-0.1, -0.05) is 211 Å².